The van der Waals surface area contributed by atoms with Crippen LogP contribution >= 0.6 is 0 Å². The number of aromatic nitrogens is 1. The molecule has 0 bridgehead atoms. The van der Waals surface area contributed by atoms with Gasteiger partial charge in [0, 0.05) is 31.0 Å². The number of hydrogen-bond acceptors (Lipinski definition) is 5. The van der Waals surface area contributed by atoms with Crippen LogP contribution in [0.4, 0.5) is 5.69 Å². The topological polar surface area (TPSA) is 79.4 Å². The van der Waals surface area contributed by atoms with Gasteiger partial charge in [0.25, 0.3) is 5.91 Å². The van der Waals surface area contributed by atoms with Crippen LogP contribution in [0.2, 0.25) is 0 Å². The van der Waals surface area contributed by atoms with Gasteiger partial charge in [0.15, 0.2) is 9.84 Å². The second-order valence-electron chi connectivity index (χ2n) is 5.97. The third-order valence-electron chi connectivity index (χ3n) is 3.86. The van der Waals surface area contributed by atoms with E-state index in [1.165, 1.54) is 0 Å². The van der Waals surface area contributed by atoms with Crippen molar-refractivity contribution < 1.29 is 13.2 Å². The molecule has 1 fully saturated rings. The average molecular weight is 339 g/mol. The molecule has 1 aliphatic rings. The number of carbonyl (C=O) groups excluding carboxylic acids is 1. The summed E-state index contributed by atoms with van der Waals surface area (Å²) in [6.07, 6.45) is 4.01. The van der Waals surface area contributed by atoms with E-state index in [4.69, 9.17) is 0 Å². The van der Waals surface area contributed by atoms with Crippen LogP contribution in [-0.2, 0) is 9.84 Å². The highest BCUT2D eigenvalue weighted by Crippen LogP contribution is 2.18. The molecule has 0 aromatic carbocycles. The number of nitrogens with zero attached hydrogens (tertiary/aromatic N) is 2. The Balaban J connectivity index is 2.08. The van der Waals surface area contributed by atoms with Gasteiger partial charge in [-0.15, -0.1) is 0 Å². The standard InChI is InChI=1S/C16H25N3O3S/c1-3-8-19(9-4-2)16(20)15-11-13(5-7-17-15)18-14-6-10-23(21,22)12-14/h5,7,11,14H,3-4,6,8-10,12H2,1-2H3,(H,17,18). The van der Waals surface area contributed by atoms with Crippen LogP contribution in [-0.4, -0.2) is 54.8 Å². The van der Waals surface area contributed by atoms with Crippen LogP contribution in [0.1, 0.15) is 43.6 Å². The van der Waals surface area contributed by atoms with Crippen LogP contribution in [0.15, 0.2) is 18.3 Å². The first-order valence-corrected chi connectivity index (χ1v) is 9.99. The molecule has 0 aliphatic carbocycles. The Morgan fingerprint density at radius 1 is 1.35 bits per heavy atom. The smallest absolute Gasteiger partial charge is 0.272 e. The average Bonchev–Trinajstić information content (AvgIpc) is 2.85. The fourth-order valence-electron chi connectivity index (χ4n) is 2.80. The highest BCUT2D eigenvalue weighted by molar-refractivity contribution is 7.91. The monoisotopic (exact) mass is 339 g/mol. The van der Waals surface area contributed by atoms with Crippen molar-refractivity contribution in [1.82, 2.24) is 9.88 Å². The molecule has 128 valence electrons. The zero-order chi connectivity index (χ0) is 16.9. The lowest BCUT2D eigenvalue weighted by atomic mass is 10.2. The number of nitrogens with one attached hydrogen (secondary N) is 1. The SMILES string of the molecule is CCCN(CCC)C(=O)c1cc(NC2CCS(=O)(=O)C2)ccn1. The van der Waals surface area contributed by atoms with Crippen molar-refractivity contribution in [2.24, 2.45) is 0 Å². The molecule has 1 saturated heterocycles. The molecule has 0 saturated carbocycles. The van der Waals surface area contributed by atoms with E-state index in [1.807, 2.05) is 18.7 Å². The first-order valence-electron chi connectivity index (χ1n) is 8.17. The second kappa shape index (κ2) is 7.77. The maximum Gasteiger partial charge on any atom is 0.272 e. The Labute approximate surface area is 138 Å². The van der Waals surface area contributed by atoms with Gasteiger partial charge in [0.05, 0.1) is 11.5 Å². The summed E-state index contributed by atoms with van der Waals surface area (Å²) in [6, 6.07) is 3.39. The zero-order valence-electron chi connectivity index (χ0n) is 13.8. The Bertz CT molecular complexity index is 640. The van der Waals surface area contributed by atoms with Gasteiger partial charge >= 0.3 is 0 Å². The first kappa shape index (κ1) is 17.7. The first-order chi connectivity index (χ1) is 10.9. The predicted octanol–water partition coefficient (Wildman–Crippen LogP) is 1.94. The lowest BCUT2D eigenvalue weighted by molar-refractivity contribution is 0.0749. The molecule has 1 amide bonds. The fraction of sp³-hybridized carbons (Fsp3) is 0.625. The quantitative estimate of drug-likeness (QED) is 0.821. The molecule has 1 N–H and O–H groups in total. The third-order valence-corrected chi connectivity index (χ3v) is 5.62. The van der Waals surface area contributed by atoms with Crippen molar-refractivity contribution in [1.29, 1.82) is 0 Å². The maximum absolute atomic E-state index is 12.6. The molecule has 23 heavy (non-hydrogen) atoms. The minimum absolute atomic E-state index is 0.0728. The second-order valence-corrected chi connectivity index (χ2v) is 8.19. The van der Waals surface area contributed by atoms with Gasteiger partial charge in [-0.2, -0.15) is 0 Å². The Hall–Kier alpha value is -1.63. The third kappa shape index (κ3) is 4.92. The highest BCUT2D eigenvalue weighted by Gasteiger charge is 2.27. The van der Waals surface area contributed by atoms with Crippen LogP contribution < -0.4 is 5.32 Å². The summed E-state index contributed by atoms with van der Waals surface area (Å²) in [5.41, 5.74) is 1.15. The van der Waals surface area contributed by atoms with Crippen LogP contribution in [0.25, 0.3) is 0 Å². The van der Waals surface area contributed by atoms with E-state index in [-0.39, 0.29) is 23.5 Å². The van der Waals surface area contributed by atoms with Crippen molar-refractivity contribution in [2.45, 2.75) is 39.2 Å². The molecule has 2 rings (SSSR count). The molecule has 1 atom stereocenters. The molecule has 1 aromatic heterocycles. The summed E-state index contributed by atoms with van der Waals surface area (Å²) in [5, 5.41) is 3.20. The van der Waals surface area contributed by atoms with Crippen LogP contribution in [0.5, 0.6) is 0 Å². The van der Waals surface area contributed by atoms with Gasteiger partial charge in [0.2, 0.25) is 0 Å². The largest absolute Gasteiger partial charge is 0.381 e. The van der Waals surface area contributed by atoms with Crippen molar-refractivity contribution in [3.8, 4) is 0 Å². The molecule has 0 radical (unpaired) electrons. The number of hydrogen-bond donors (Lipinski definition) is 1. The van der Waals surface area contributed by atoms with E-state index in [1.54, 1.807) is 18.3 Å². The molecule has 6 nitrogen and oxygen atoms in total. The molecule has 2 heterocycles. The number of sulfone groups is 1. The number of rotatable bonds is 7. The van der Waals surface area contributed by atoms with Gasteiger partial charge in [-0.1, -0.05) is 13.8 Å². The fourth-order valence-corrected chi connectivity index (χ4v) is 4.47. The van der Waals surface area contributed by atoms with Gasteiger partial charge in [-0.3, -0.25) is 9.78 Å². The van der Waals surface area contributed by atoms with Crippen molar-refractivity contribution in [2.75, 3.05) is 29.9 Å². The zero-order valence-corrected chi connectivity index (χ0v) is 14.6. The van der Waals surface area contributed by atoms with Crippen LogP contribution in [0.3, 0.4) is 0 Å². The van der Waals surface area contributed by atoms with E-state index in [9.17, 15) is 13.2 Å². The normalized spacial score (nSPS) is 19.5. The lowest BCUT2D eigenvalue weighted by Crippen LogP contribution is -2.33. The molecular weight excluding hydrogens is 314 g/mol. The summed E-state index contributed by atoms with van der Waals surface area (Å²) in [4.78, 5) is 18.5. The number of pyridine rings is 1. The summed E-state index contributed by atoms with van der Waals surface area (Å²) in [7, 11) is -2.92. The van der Waals surface area contributed by atoms with Gasteiger partial charge in [-0.25, -0.2) is 8.42 Å². The van der Waals surface area contributed by atoms with Gasteiger partial charge in [-0.05, 0) is 31.4 Å². The summed E-state index contributed by atoms with van der Waals surface area (Å²) in [6.45, 7) is 5.52. The van der Waals surface area contributed by atoms with Gasteiger partial charge < -0.3 is 10.2 Å². The predicted molar refractivity (Wildman–Crippen MR) is 91.4 cm³/mol. The Kier molecular flexibility index (Phi) is 5.98. The molecule has 0 spiro atoms. The van der Waals surface area contributed by atoms with E-state index >= 15 is 0 Å². The number of carbonyl (C=O) groups is 1. The van der Waals surface area contributed by atoms with E-state index in [2.05, 4.69) is 10.3 Å². The summed E-state index contributed by atoms with van der Waals surface area (Å²) in [5.74, 6) is 0.301. The van der Waals surface area contributed by atoms with E-state index in [0.717, 1.165) is 18.5 Å². The highest BCUT2D eigenvalue weighted by atomic mass is 32.2. The molecule has 1 unspecified atom stereocenters. The Morgan fingerprint density at radius 2 is 2.04 bits per heavy atom. The van der Waals surface area contributed by atoms with E-state index in [0.29, 0.717) is 25.2 Å². The van der Waals surface area contributed by atoms with Crippen LogP contribution in [0, 0.1) is 0 Å². The minimum atomic E-state index is -2.92. The Morgan fingerprint density at radius 3 is 2.61 bits per heavy atom. The lowest BCUT2D eigenvalue weighted by Gasteiger charge is -2.21. The van der Waals surface area contributed by atoms with E-state index < -0.39 is 9.84 Å². The molecule has 7 heteroatoms. The molecular formula is C16H25N3O3S. The van der Waals surface area contributed by atoms with Crippen molar-refractivity contribution >= 4 is 21.4 Å². The maximum atomic E-state index is 12.6. The number of amides is 1. The van der Waals surface area contributed by atoms with Crippen molar-refractivity contribution in [3.63, 3.8) is 0 Å². The molecule has 1 aliphatic heterocycles. The minimum Gasteiger partial charge on any atom is -0.381 e. The van der Waals surface area contributed by atoms with Gasteiger partial charge in [0.1, 0.15) is 5.69 Å². The number of anilines is 1. The van der Waals surface area contributed by atoms with Crippen molar-refractivity contribution in [3.05, 3.63) is 24.0 Å². The summed E-state index contributed by atoms with van der Waals surface area (Å²) >= 11 is 0. The molecule has 1 aromatic rings. The summed E-state index contributed by atoms with van der Waals surface area (Å²) < 4.78 is 23.1.